The van der Waals surface area contributed by atoms with Gasteiger partial charge in [-0.2, -0.15) is 5.10 Å². The number of carbonyl (C=O) groups excluding carboxylic acids is 1. The molecule has 0 saturated carbocycles. The van der Waals surface area contributed by atoms with Gasteiger partial charge in [-0.05, 0) is 11.4 Å². The van der Waals surface area contributed by atoms with Gasteiger partial charge in [0.25, 0.3) is 0 Å². The number of thiophene rings is 1. The Hall–Kier alpha value is -1.16. The summed E-state index contributed by atoms with van der Waals surface area (Å²) in [4.78, 5) is 10.7. The Bertz CT molecular complexity index is 218. The molecule has 0 aliphatic rings. The van der Waals surface area contributed by atoms with Gasteiger partial charge >= 0.3 is 0 Å². The average Bonchev–Trinajstić information content (AvgIpc) is 2.41. The van der Waals surface area contributed by atoms with Gasteiger partial charge in [-0.1, -0.05) is 6.07 Å². The van der Waals surface area contributed by atoms with Gasteiger partial charge in [0, 0.05) is 4.88 Å². The molecule has 0 atom stereocenters. The summed E-state index contributed by atoms with van der Waals surface area (Å²) in [6.45, 7) is 0. The molecule has 0 aliphatic heterocycles. The molecule has 0 fully saturated rings. The van der Waals surface area contributed by atoms with E-state index in [1.165, 1.54) is 0 Å². The van der Waals surface area contributed by atoms with Crippen LogP contribution in [0.1, 0.15) is 4.88 Å². The molecule has 1 aromatic rings. The number of hydrogen-bond donors (Lipinski definition) is 1. The van der Waals surface area contributed by atoms with Crippen LogP contribution in [0.15, 0.2) is 22.6 Å². The molecule has 52 valence electrons. The fourth-order valence-corrected chi connectivity index (χ4v) is 1.08. The lowest BCUT2D eigenvalue weighted by Gasteiger charge is -1.81. The minimum absolute atomic E-state index is 0.532. The first-order valence-electron chi connectivity index (χ1n) is 2.69. The number of amides is 1. The van der Waals surface area contributed by atoms with E-state index in [-0.39, 0.29) is 0 Å². The maximum absolute atomic E-state index is 9.71. The second kappa shape index (κ2) is 3.79. The van der Waals surface area contributed by atoms with E-state index < -0.39 is 0 Å². The van der Waals surface area contributed by atoms with Crippen LogP contribution in [0.5, 0.6) is 0 Å². The SMILES string of the molecule is O=CNN=Cc1cccs1. The Balaban J connectivity index is 2.47. The molecule has 1 amide bonds. The van der Waals surface area contributed by atoms with Crippen LogP contribution < -0.4 is 5.43 Å². The number of carbonyl (C=O) groups is 1. The lowest BCUT2D eigenvalue weighted by Crippen LogP contribution is -1.99. The maximum Gasteiger partial charge on any atom is 0.227 e. The van der Waals surface area contributed by atoms with Crippen LogP contribution in [0.2, 0.25) is 0 Å². The van der Waals surface area contributed by atoms with Crippen molar-refractivity contribution in [2.45, 2.75) is 0 Å². The lowest BCUT2D eigenvalue weighted by atomic mass is 10.5. The summed E-state index contributed by atoms with van der Waals surface area (Å²) in [5, 5.41) is 5.55. The summed E-state index contributed by atoms with van der Waals surface area (Å²) in [6, 6.07) is 3.84. The fourth-order valence-electron chi connectivity index (χ4n) is 0.496. The molecular weight excluding hydrogens is 148 g/mol. The first-order chi connectivity index (χ1) is 4.93. The monoisotopic (exact) mass is 154 g/mol. The number of hydrogen-bond acceptors (Lipinski definition) is 3. The van der Waals surface area contributed by atoms with E-state index >= 15 is 0 Å². The second-order valence-electron chi connectivity index (χ2n) is 1.52. The highest BCUT2D eigenvalue weighted by molar-refractivity contribution is 7.11. The number of rotatable bonds is 3. The van der Waals surface area contributed by atoms with Gasteiger partial charge in [-0.3, -0.25) is 4.79 Å². The number of hydrazone groups is 1. The summed E-state index contributed by atoms with van der Waals surface area (Å²) in [6.07, 6.45) is 2.13. The molecule has 0 aliphatic carbocycles. The van der Waals surface area contributed by atoms with Gasteiger partial charge in [0.05, 0.1) is 6.21 Å². The molecular formula is C6H6N2OS. The molecule has 0 spiro atoms. The largest absolute Gasteiger partial charge is 0.277 e. The van der Waals surface area contributed by atoms with Crippen LogP contribution in [-0.2, 0) is 4.79 Å². The molecule has 1 N–H and O–H groups in total. The van der Waals surface area contributed by atoms with Crippen molar-refractivity contribution >= 4 is 24.0 Å². The molecule has 0 unspecified atom stereocenters. The van der Waals surface area contributed by atoms with Crippen LogP contribution in [0, 0.1) is 0 Å². The van der Waals surface area contributed by atoms with Crippen molar-refractivity contribution in [2.75, 3.05) is 0 Å². The smallest absolute Gasteiger partial charge is 0.227 e. The molecule has 1 heterocycles. The Kier molecular flexibility index (Phi) is 2.63. The highest BCUT2D eigenvalue weighted by Crippen LogP contribution is 2.03. The summed E-state index contributed by atoms with van der Waals surface area (Å²) in [5.74, 6) is 0. The zero-order valence-electron chi connectivity index (χ0n) is 5.15. The Morgan fingerprint density at radius 2 is 2.60 bits per heavy atom. The normalized spacial score (nSPS) is 10.0. The van der Waals surface area contributed by atoms with Crippen LogP contribution in [0.25, 0.3) is 0 Å². The predicted molar refractivity (Wildman–Crippen MR) is 41.1 cm³/mol. The van der Waals surface area contributed by atoms with Crippen molar-refractivity contribution < 1.29 is 4.79 Å². The van der Waals surface area contributed by atoms with E-state index in [2.05, 4.69) is 10.5 Å². The summed E-state index contributed by atoms with van der Waals surface area (Å²) in [5.41, 5.74) is 2.18. The van der Waals surface area contributed by atoms with Gasteiger partial charge in [0.1, 0.15) is 0 Å². The molecule has 1 rings (SSSR count). The Labute approximate surface area is 62.4 Å². The third-order valence-corrected chi connectivity index (χ3v) is 1.67. The summed E-state index contributed by atoms with van der Waals surface area (Å²) >= 11 is 1.57. The van der Waals surface area contributed by atoms with Gasteiger partial charge < -0.3 is 0 Å². The van der Waals surface area contributed by atoms with E-state index in [0.717, 1.165) is 4.88 Å². The highest BCUT2D eigenvalue weighted by Gasteiger charge is 1.83. The quantitative estimate of drug-likeness (QED) is 0.391. The zero-order chi connectivity index (χ0) is 7.23. The van der Waals surface area contributed by atoms with E-state index in [1.54, 1.807) is 17.6 Å². The van der Waals surface area contributed by atoms with Crippen molar-refractivity contribution in [2.24, 2.45) is 5.10 Å². The molecule has 4 heteroatoms. The van der Waals surface area contributed by atoms with E-state index in [9.17, 15) is 4.79 Å². The Morgan fingerprint density at radius 1 is 1.70 bits per heavy atom. The minimum atomic E-state index is 0.532. The third kappa shape index (κ3) is 1.99. The summed E-state index contributed by atoms with van der Waals surface area (Å²) < 4.78 is 0. The summed E-state index contributed by atoms with van der Waals surface area (Å²) in [7, 11) is 0. The van der Waals surface area contributed by atoms with Gasteiger partial charge in [-0.15, -0.1) is 11.3 Å². The van der Waals surface area contributed by atoms with Crippen LogP contribution in [0.3, 0.4) is 0 Å². The van der Waals surface area contributed by atoms with Crippen LogP contribution >= 0.6 is 11.3 Å². The molecule has 0 radical (unpaired) electrons. The van der Waals surface area contributed by atoms with Crippen LogP contribution in [-0.4, -0.2) is 12.6 Å². The van der Waals surface area contributed by atoms with Crippen molar-refractivity contribution in [1.82, 2.24) is 5.43 Å². The zero-order valence-corrected chi connectivity index (χ0v) is 5.97. The van der Waals surface area contributed by atoms with E-state index in [4.69, 9.17) is 0 Å². The first kappa shape index (κ1) is 6.95. The van der Waals surface area contributed by atoms with Crippen molar-refractivity contribution in [3.63, 3.8) is 0 Å². The highest BCUT2D eigenvalue weighted by atomic mass is 32.1. The maximum atomic E-state index is 9.71. The Morgan fingerprint density at radius 3 is 3.20 bits per heavy atom. The van der Waals surface area contributed by atoms with Crippen molar-refractivity contribution in [3.05, 3.63) is 22.4 Å². The molecule has 0 bridgehead atoms. The van der Waals surface area contributed by atoms with E-state index in [1.807, 2.05) is 17.5 Å². The topological polar surface area (TPSA) is 41.5 Å². The fraction of sp³-hybridized carbons (Fsp3) is 0. The molecule has 1 aromatic heterocycles. The standard InChI is InChI=1S/C6H6N2OS/c9-5-8-7-4-6-2-1-3-10-6/h1-5H,(H,8,9). The molecule has 0 aromatic carbocycles. The molecule has 10 heavy (non-hydrogen) atoms. The van der Waals surface area contributed by atoms with Gasteiger partial charge in [0.2, 0.25) is 6.41 Å². The second-order valence-corrected chi connectivity index (χ2v) is 2.50. The molecule has 3 nitrogen and oxygen atoms in total. The third-order valence-electron chi connectivity index (χ3n) is 0.862. The van der Waals surface area contributed by atoms with Crippen molar-refractivity contribution in [3.8, 4) is 0 Å². The van der Waals surface area contributed by atoms with Gasteiger partial charge in [-0.25, -0.2) is 5.43 Å². The van der Waals surface area contributed by atoms with Gasteiger partial charge in [0.15, 0.2) is 0 Å². The number of nitrogens with one attached hydrogen (secondary N) is 1. The lowest BCUT2D eigenvalue weighted by molar-refractivity contribution is -0.109. The average molecular weight is 154 g/mol. The minimum Gasteiger partial charge on any atom is -0.277 e. The van der Waals surface area contributed by atoms with E-state index in [0.29, 0.717) is 6.41 Å². The van der Waals surface area contributed by atoms with Crippen molar-refractivity contribution in [1.29, 1.82) is 0 Å². The first-order valence-corrected chi connectivity index (χ1v) is 3.57. The van der Waals surface area contributed by atoms with Crippen LogP contribution in [0.4, 0.5) is 0 Å². The molecule has 0 saturated heterocycles. The predicted octanol–water partition coefficient (Wildman–Crippen LogP) is 0.828. The number of nitrogens with zero attached hydrogens (tertiary/aromatic N) is 1.